The average Bonchev–Trinajstić information content (AvgIpc) is 2.48. The first-order valence-electron chi connectivity index (χ1n) is 6.39. The highest BCUT2D eigenvalue weighted by atomic mass is 35.5. The Balaban J connectivity index is 2.58. The highest BCUT2D eigenvalue weighted by Gasteiger charge is 2.27. The molecule has 0 heterocycles. The maximum atomic E-state index is 12.8. The molecule has 0 bridgehead atoms. The fourth-order valence-corrected chi connectivity index (χ4v) is 3.98. The monoisotopic (exact) mass is 340 g/mol. The van der Waals surface area contributed by atoms with E-state index in [0.717, 1.165) is 10.4 Å². The summed E-state index contributed by atoms with van der Waals surface area (Å²) >= 11 is 5.95. The highest BCUT2D eigenvalue weighted by Crippen LogP contribution is 2.31. The second kappa shape index (κ2) is 6.33. The number of anilines is 1. The van der Waals surface area contributed by atoms with Gasteiger partial charge in [0.1, 0.15) is 4.90 Å². The molecule has 116 valence electrons. The first-order valence-corrected chi connectivity index (χ1v) is 8.21. The average molecular weight is 341 g/mol. The molecular weight excluding hydrogens is 328 g/mol. The molecule has 0 radical (unpaired) electrons. The van der Waals surface area contributed by atoms with E-state index in [0.29, 0.717) is 5.69 Å². The summed E-state index contributed by atoms with van der Waals surface area (Å²) in [5.74, 6) is 0. The first kappa shape index (κ1) is 16.3. The van der Waals surface area contributed by atoms with Gasteiger partial charge in [0.05, 0.1) is 15.6 Å². The lowest BCUT2D eigenvalue weighted by Gasteiger charge is -2.23. The maximum Gasteiger partial charge on any atom is 0.270 e. The Kier molecular flexibility index (Phi) is 4.68. The van der Waals surface area contributed by atoms with E-state index >= 15 is 0 Å². The van der Waals surface area contributed by atoms with E-state index in [1.165, 1.54) is 12.1 Å². The summed E-state index contributed by atoms with van der Waals surface area (Å²) in [7, 11) is -3.99. The molecule has 6 nitrogen and oxygen atoms in total. The van der Waals surface area contributed by atoms with E-state index < -0.39 is 14.9 Å². The normalized spacial score (nSPS) is 11.2. The first-order chi connectivity index (χ1) is 10.4. The van der Waals surface area contributed by atoms with Crippen molar-refractivity contribution in [3.05, 3.63) is 63.7 Å². The van der Waals surface area contributed by atoms with Crippen LogP contribution in [-0.2, 0) is 10.0 Å². The van der Waals surface area contributed by atoms with Gasteiger partial charge in [-0.3, -0.25) is 14.4 Å². The Morgan fingerprint density at radius 2 is 1.82 bits per heavy atom. The predicted octanol–water partition coefficient (Wildman–Crippen LogP) is 3.46. The quantitative estimate of drug-likeness (QED) is 0.616. The van der Waals surface area contributed by atoms with Gasteiger partial charge in [-0.05, 0) is 25.1 Å². The van der Waals surface area contributed by atoms with Crippen LogP contribution in [0.5, 0.6) is 0 Å². The van der Waals surface area contributed by atoms with Crippen molar-refractivity contribution in [3.8, 4) is 0 Å². The van der Waals surface area contributed by atoms with E-state index in [-0.39, 0.29) is 22.2 Å². The minimum Gasteiger partial charge on any atom is -0.267 e. The van der Waals surface area contributed by atoms with Crippen LogP contribution in [0, 0.1) is 10.1 Å². The van der Waals surface area contributed by atoms with Crippen LogP contribution in [-0.4, -0.2) is 19.9 Å². The number of rotatable bonds is 5. The number of benzene rings is 2. The van der Waals surface area contributed by atoms with Crippen LogP contribution >= 0.6 is 11.6 Å². The summed E-state index contributed by atoms with van der Waals surface area (Å²) in [4.78, 5) is 9.91. The van der Waals surface area contributed by atoms with Gasteiger partial charge in [0.15, 0.2) is 0 Å². The molecule has 0 unspecified atom stereocenters. The smallest absolute Gasteiger partial charge is 0.267 e. The van der Waals surface area contributed by atoms with Crippen molar-refractivity contribution in [3.63, 3.8) is 0 Å². The van der Waals surface area contributed by atoms with Gasteiger partial charge in [-0.1, -0.05) is 29.8 Å². The second-order valence-electron chi connectivity index (χ2n) is 4.38. The molecule has 2 aromatic carbocycles. The highest BCUT2D eigenvalue weighted by molar-refractivity contribution is 7.93. The molecule has 0 saturated carbocycles. The zero-order valence-corrected chi connectivity index (χ0v) is 13.2. The molecule has 0 saturated heterocycles. The van der Waals surface area contributed by atoms with Crippen LogP contribution in [0.4, 0.5) is 11.4 Å². The van der Waals surface area contributed by atoms with Crippen molar-refractivity contribution in [2.45, 2.75) is 11.8 Å². The number of sulfonamides is 1. The van der Waals surface area contributed by atoms with Gasteiger partial charge in [0.2, 0.25) is 0 Å². The molecule has 0 aromatic heterocycles. The largest absolute Gasteiger partial charge is 0.270 e. The Bertz CT molecular complexity index is 794. The number of hydrogen-bond donors (Lipinski definition) is 0. The minimum absolute atomic E-state index is 0.0556. The molecule has 2 aromatic rings. The molecule has 8 heteroatoms. The third kappa shape index (κ3) is 3.05. The molecule has 0 fully saturated rings. The van der Waals surface area contributed by atoms with Gasteiger partial charge in [-0.25, -0.2) is 8.42 Å². The Hall–Kier alpha value is -2.12. The SMILES string of the molecule is CCN(c1ccccc1)S(=O)(=O)c1cc([N+](=O)[O-])ccc1Cl. The summed E-state index contributed by atoms with van der Waals surface area (Å²) in [5, 5.41) is 10.8. The number of para-hydroxylation sites is 1. The number of non-ortho nitro benzene ring substituents is 1. The van der Waals surface area contributed by atoms with Gasteiger partial charge in [0, 0.05) is 18.7 Å². The lowest BCUT2D eigenvalue weighted by atomic mass is 10.3. The van der Waals surface area contributed by atoms with E-state index in [4.69, 9.17) is 11.6 Å². The number of halogens is 1. The summed E-state index contributed by atoms with van der Waals surface area (Å²) in [6.07, 6.45) is 0. The fourth-order valence-electron chi connectivity index (χ4n) is 2.01. The topological polar surface area (TPSA) is 80.5 Å². The van der Waals surface area contributed by atoms with E-state index in [1.807, 2.05) is 0 Å². The molecule has 0 atom stereocenters. The van der Waals surface area contributed by atoms with E-state index in [1.54, 1.807) is 37.3 Å². The van der Waals surface area contributed by atoms with Crippen LogP contribution in [0.1, 0.15) is 6.92 Å². The molecule has 0 spiro atoms. The van der Waals surface area contributed by atoms with Gasteiger partial charge < -0.3 is 0 Å². The molecule has 0 N–H and O–H groups in total. The zero-order chi connectivity index (χ0) is 16.3. The van der Waals surface area contributed by atoms with Crippen molar-refractivity contribution >= 4 is 33.0 Å². The summed E-state index contributed by atoms with van der Waals surface area (Å²) in [6, 6.07) is 11.8. The van der Waals surface area contributed by atoms with Crippen LogP contribution in [0.3, 0.4) is 0 Å². The summed E-state index contributed by atoms with van der Waals surface area (Å²) < 4.78 is 26.7. The van der Waals surface area contributed by atoms with Gasteiger partial charge >= 0.3 is 0 Å². The fraction of sp³-hybridized carbons (Fsp3) is 0.143. The lowest BCUT2D eigenvalue weighted by Crippen LogP contribution is -2.31. The van der Waals surface area contributed by atoms with Gasteiger partial charge in [-0.2, -0.15) is 0 Å². The van der Waals surface area contributed by atoms with Crippen LogP contribution < -0.4 is 4.31 Å². The Labute approximate surface area is 133 Å². The standard InChI is InChI=1S/C14H13ClN2O4S/c1-2-16(11-6-4-3-5-7-11)22(20,21)14-10-12(17(18)19)8-9-13(14)15/h3-10H,2H2,1H3. The molecule has 2 rings (SSSR count). The Morgan fingerprint density at radius 1 is 1.18 bits per heavy atom. The molecule has 0 aliphatic rings. The van der Waals surface area contributed by atoms with Crippen molar-refractivity contribution in [2.24, 2.45) is 0 Å². The molecule has 22 heavy (non-hydrogen) atoms. The van der Waals surface area contributed by atoms with Crippen molar-refractivity contribution in [1.29, 1.82) is 0 Å². The van der Waals surface area contributed by atoms with Crippen molar-refractivity contribution in [2.75, 3.05) is 10.8 Å². The third-order valence-electron chi connectivity index (χ3n) is 3.03. The van der Waals surface area contributed by atoms with Gasteiger partial charge in [-0.15, -0.1) is 0 Å². The molecular formula is C14H13ClN2O4S. The lowest BCUT2D eigenvalue weighted by molar-refractivity contribution is -0.385. The van der Waals surface area contributed by atoms with Crippen molar-refractivity contribution in [1.82, 2.24) is 0 Å². The zero-order valence-electron chi connectivity index (χ0n) is 11.6. The van der Waals surface area contributed by atoms with Crippen LogP contribution in [0.15, 0.2) is 53.4 Å². The summed E-state index contributed by atoms with van der Waals surface area (Å²) in [6.45, 7) is 1.85. The van der Waals surface area contributed by atoms with E-state index in [9.17, 15) is 18.5 Å². The second-order valence-corrected chi connectivity index (χ2v) is 6.62. The van der Waals surface area contributed by atoms with Crippen LogP contribution in [0.2, 0.25) is 5.02 Å². The number of nitro groups is 1. The maximum absolute atomic E-state index is 12.8. The minimum atomic E-state index is -3.99. The molecule has 0 aliphatic carbocycles. The molecule has 0 amide bonds. The summed E-state index contributed by atoms with van der Waals surface area (Å²) in [5.41, 5.74) is 0.139. The number of nitrogens with zero attached hydrogens (tertiary/aromatic N) is 2. The van der Waals surface area contributed by atoms with Crippen molar-refractivity contribution < 1.29 is 13.3 Å². The van der Waals surface area contributed by atoms with Crippen LogP contribution in [0.25, 0.3) is 0 Å². The number of hydrogen-bond acceptors (Lipinski definition) is 4. The number of nitro benzene ring substituents is 1. The van der Waals surface area contributed by atoms with Gasteiger partial charge in [0.25, 0.3) is 15.7 Å². The Morgan fingerprint density at radius 3 is 2.36 bits per heavy atom. The molecule has 0 aliphatic heterocycles. The third-order valence-corrected chi connectivity index (χ3v) is 5.41. The van der Waals surface area contributed by atoms with E-state index in [2.05, 4.69) is 0 Å². The predicted molar refractivity (Wildman–Crippen MR) is 84.8 cm³/mol.